The minimum absolute atomic E-state index is 0.258. The lowest BCUT2D eigenvalue weighted by molar-refractivity contribution is -0.928. The molecule has 1 saturated heterocycles. The molecule has 0 saturated carbocycles. The number of quaternary nitrogens is 1. The summed E-state index contributed by atoms with van der Waals surface area (Å²) in [5, 5.41) is 1.09. The fraction of sp³-hybridized carbons (Fsp3) is 0.500. The summed E-state index contributed by atoms with van der Waals surface area (Å²) >= 11 is 0. The number of hydrogen-bond donors (Lipinski definition) is 1. The summed E-state index contributed by atoms with van der Waals surface area (Å²) in [7, 11) is 0. The molecule has 0 radical (unpaired) electrons. The fourth-order valence-corrected chi connectivity index (χ4v) is 3.72. The summed E-state index contributed by atoms with van der Waals surface area (Å²) in [5.41, 5.74) is 3.81. The predicted molar refractivity (Wildman–Crippen MR) is 86.4 cm³/mol. The zero-order chi connectivity index (χ0) is 15.9. The zero-order valence-electron chi connectivity index (χ0n) is 13.7. The molecule has 1 N–H and O–H groups in total. The van der Waals surface area contributed by atoms with Crippen LogP contribution in [0.25, 0.3) is 11.0 Å². The van der Waals surface area contributed by atoms with Crippen molar-refractivity contribution < 1.29 is 14.1 Å². The molecule has 4 nitrogen and oxygen atoms in total. The van der Waals surface area contributed by atoms with E-state index >= 15 is 0 Å². The molecule has 118 valence electrons. The molecule has 22 heavy (non-hydrogen) atoms. The zero-order valence-corrected chi connectivity index (χ0v) is 13.7. The molecule has 2 heterocycles. The summed E-state index contributed by atoms with van der Waals surface area (Å²) in [4.78, 5) is 13.4. The molecule has 0 bridgehead atoms. The van der Waals surface area contributed by atoms with Gasteiger partial charge in [-0.2, -0.15) is 0 Å². The topological polar surface area (TPSA) is 43.9 Å². The highest BCUT2D eigenvalue weighted by molar-refractivity contribution is 5.84. The van der Waals surface area contributed by atoms with E-state index in [4.69, 9.17) is 9.15 Å². The van der Waals surface area contributed by atoms with E-state index in [9.17, 15) is 4.79 Å². The Bertz CT molecular complexity index is 740. The maximum atomic E-state index is 11.9. The van der Waals surface area contributed by atoms with E-state index in [1.807, 2.05) is 13.0 Å². The lowest BCUT2D eigenvalue weighted by Gasteiger charge is -2.32. The van der Waals surface area contributed by atoms with Crippen LogP contribution < -0.4 is 10.5 Å². The molecular weight excluding hydrogens is 278 g/mol. The Morgan fingerprint density at radius 1 is 1.14 bits per heavy atom. The minimum Gasteiger partial charge on any atom is -0.423 e. The van der Waals surface area contributed by atoms with Gasteiger partial charge in [-0.1, -0.05) is 6.07 Å². The molecular formula is C18H24NO3+. The normalized spacial score (nSPS) is 25.5. The predicted octanol–water partition coefficient (Wildman–Crippen LogP) is 1.60. The molecule has 1 aliphatic heterocycles. The average Bonchev–Trinajstić information content (AvgIpc) is 2.35. The molecule has 2 aromatic rings. The van der Waals surface area contributed by atoms with Gasteiger partial charge in [0.2, 0.25) is 0 Å². The summed E-state index contributed by atoms with van der Waals surface area (Å²) in [6, 6.07) is 5.75. The van der Waals surface area contributed by atoms with Gasteiger partial charge < -0.3 is 14.1 Å². The molecule has 1 fully saturated rings. The number of aryl methyl sites for hydroxylation is 2. The average molecular weight is 302 g/mol. The first-order valence-corrected chi connectivity index (χ1v) is 7.95. The van der Waals surface area contributed by atoms with E-state index in [-0.39, 0.29) is 17.8 Å². The number of nitrogens with one attached hydrogen (secondary N) is 1. The van der Waals surface area contributed by atoms with Crippen molar-refractivity contribution in [2.45, 2.75) is 46.4 Å². The molecule has 0 aliphatic carbocycles. The van der Waals surface area contributed by atoms with Gasteiger partial charge in [0.25, 0.3) is 0 Å². The molecule has 1 aromatic heterocycles. The van der Waals surface area contributed by atoms with Crippen LogP contribution in [-0.4, -0.2) is 25.3 Å². The third-order valence-corrected chi connectivity index (χ3v) is 4.32. The second kappa shape index (κ2) is 5.86. The summed E-state index contributed by atoms with van der Waals surface area (Å²) in [5.74, 6) is 0. The van der Waals surface area contributed by atoms with Crippen molar-refractivity contribution >= 4 is 11.0 Å². The van der Waals surface area contributed by atoms with Crippen molar-refractivity contribution in [3.05, 3.63) is 45.3 Å². The van der Waals surface area contributed by atoms with Gasteiger partial charge in [0, 0.05) is 17.0 Å². The second-order valence-corrected chi connectivity index (χ2v) is 6.64. The molecule has 4 heteroatoms. The van der Waals surface area contributed by atoms with Gasteiger partial charge in [0.05, 0.1) is 0 Å². The van der Waals surface area contributed by atoms with Crippen LogP contribution >= 0.6 is 0 Å². The third kappa shape index (κ3) is 3.08. The third-order valence-electron chi connectivity index (χ3n) is 4.32. The Labute approximate surface area is 130 Å². The van der Waals surface area contributed by atoms with Crippen LogP contribution in [0, 0.1) is 13.8 Å². The van der Waals surface area contributed by atoms with Crippen LogP contribution in [-0.2, 0) is 11.3 Å². The standard InChI is InChI=1S/C18H23NO3/c1-11-5-12(2)18-15(7-17(20)22-16(18)6-11)10-19-8-13(3)21-14(4)9-19/h5-7,13-14H,8-10H2,1-4H3/p+1/t13-,14-/m1/s1. The maximum Gasteiger partial charge on any atom is 0.336 e. The van der Waals surface area contributed by atoms with Crippen molar-refractivity contribution in [1.29, 1.82) is 0 Å². The quantitative estimate of drug-likeness (QED) is 0.857. The second-order valence-electron chi connectivity index (χ2n) is 6.64. The van der Waals surface area contributed by atoms with Crippen molar-refractivity contribution in [2.75, 3.05) is 13.1 Å². The first-order chi connectivity index (χ1) is 10.4. The summed E-state index contributed by atoms with van der Waals surface area (Å²) in [6.07, 6.45) is 0.516. The molecule has 3 rings (SSSR count). The van der Waals surface area contributed by atoms with E-state index in [0.29, 0.717) is 5.58 Å². The van der Waals surface area contributed by atoms with Crippen LogP contribution in [0.4, 0.5) is 0 Å². The number of fused-ring (bicyclic) bond motifs is 1. The van der Waals surface area contributed by atoms with Gasteiger partial charge in [-0.05, 0) is 44.9 Å². The Kier molecular flexibility index (Phi) is 4.06. The number of morpholine rings is 1. The minimum atomic E-state index is -0.263. The molecule has 0 amide bonds. The summed E-state index contributed by atoms with van der Waals surface area (Å²) < 4.78 is 11.2. The number of rotatable bonds is 2. The Balaban J connectivity index is 2.01. The van der Waals surface area contributed by atoms with Gasteiger partial charge in [-0.15, -0.1) is 0 Å². The molecule has 2 atom stereocenters. The van der Waals surface area contributed by atoms with Gasteiger partial charge in [-0.3, -0.25) is 0 Å². The van der Waals surface area contributed by atoms with E-state index in [1.165, 1.54) is 10.5 Å². The van der Waals surface area contributed by atoms with Crippen LogP contribution in [0.5, 0.6) is 0 Å². The molecule has 0 spiro atoms. The van der Waals surface area contributed by atoms with Crippen molar-refractivity contribution in [3.8, 4) is 0 Å². The largest absolute Gasteiger partial charge is 0.423 e. The Morgan fingerprint density at radius 3 is 2.50 bits per heavy atom. The van der Waals surface area contributed by atoms with Crippen LogP contribution in [0.1, 0.15) is 30.5 Å². The highest BCUT2D eigenvalue weighted by Crippen LogP contribution is 2.22. The molecule has 1 aromatic carbocycles. The van der Waals surface area contributed by atoms with Crippen LogP contribution in [0.2, 0.25) is 0 Å². The SMILES string of the molecule is Cc1cc(C)c2c(C[NH+]3C[C@@H](C)O[C@H](C)C3)cc(=O)oc2c1. The van der Waals surface area contributed by atoms with Crippen molar-refractivity contribution in [1.82, 2.24) is 0 Å². The fourth-order valence-electron chi connectivity index (χ4n) is 3.72. The molecule has 1 aliphatic rings. The van der Waals surface area contributed by atoms with Crippen molar-refractivity contribution in [2.24, 2.45) is 0 Å². The number of ether oxygens (including phenoxy) is 1. The van der Waals surface area contributed by atoms with E-state index in [2.05, 4.69) is 26.8 Å². The van der Waals surface area contributed by atoms with Crippen LogP contribution in [0.3, 0.4) is 0 Å². The lowest BCUT2D eigenvalue weighted by atomic mass is 10.0. The molecule has 0 unspecified atom stereocenters. The van der Waals surface area contributed by atoms with E-state index < -0.39 is 0 Å². The highest BCUT2D eigenvalue weighted by Gasteiger charge is 2.26. The Morgan fingerprint density at radius 2 is 1.82 bits per heavy atom. The first-order valence-electron chi connectivity index (χ1n) is 7.95. The van der Waals surface area contributed by atoms with Gasteiger partial charge in [0.15, 0.2) is 0 Å². The lowest BCUT2D eigenvalue weighted by Crippen LogP contribution is -3.14. The summed E-state index contributed by atoms with van der Waals surface area (Å²) in [6.45, 7) is 11.1. The maximum absolute atomic E-state index is 11.9. The van der Waals surface area contributed by atoms with Crippen molar-refractivity contribution in [3.63, 3.8) is 0 Å². The van der Waals surface area contributed by atoms with Gasteiger partial charge in [-0.25, -0.2) is 4.79 Å². The monoisotopic (exact) mass is 302 g/mol. The Hall–Kier alpha value is -1.65. The van der Waals surface area contributed by atoms with E-state index in [1.54, 1.807) is 6.07 Å². The highest BCUT2D eigenvalue weighted by atomic mass is 16.5. The first kappa shape index (κ1) is 15.3. The van der Waals surface area contributed by atoms with Crippen LogP contribution in [0.15, 0.2) is 27.4 Å². The van der Waals surface area contributed by atoms with Gasteiger partial charge >= 0.3 is 5.63 Å². The van der Waals surface area contributed by atoms with Gasteiger partial charge in [0.1, 0.15) is 37.4 Å². The number of benzene rings is 1. The number of hydrogen-bond acceptors (Lipinski definition) is 3. The smallest absolute Gasteiger partial charge is 0.336 e. The van der Waals surface area contributed by atoms with E-state index in [0.717, 1.165) is 36.1 Å².